The van der Waals surface area contributed by atoms with Gasteiger partial charge in [-0.2, -0.15) is 0 Å². The average Bonchev–Trinajstić information content (AvgIpc) is 3.46. The van der Waals surface area contributed by atoms with Gasteiger partial charge in [-0.1, -0.05) is 58.4 Å². The highest BCUT2D eigenvalue weighted by Gasteiger charge is 2.46. The van der Waals surface area contributed by atoms with Crippen molar-refractivity contribution in [3.63, 3.8) is 0 Å². The highest BCUT2D eigenvalue weighted by Crippen LogP contribution is 2.44. The lowest BCUT2D eigenvalue weighted by atomic mass is 9.91. The lowest BCUT2D eigenvalue weighted by Gasteiger charge is -2.28. The molecule has 0 spiro atoms. The van der Waals surface area contributed by atoms with Gasteiger partial charge in [0.2, 0.25) is 5.78 Å². The molecule has 0 bridgehead atoms. The van der Waals surface area contributed by atoms with E-state index < -0.39 is 23.5 Å². The summed E-state index contributed by atoms with van der Waals surface area (Å²) in [6.07, 6.45) is 0. The van der Waals surface area contributed by atoms with Gasteiger partial charge in [0.25, 0.3) is 5.91 Å². The molecular weight excluding hydrogens is 534 g/mol. The third-order valence-electron chi connectivity index (χ3n) is 6.62. The molecule has 0 radical (unpaired) electrons. The molecule has 5 aromatic rings. The van der Waals surface area contributed by atoms with Crippen molar-refractivity contribution in [2.45, 2.75) is 6.04 Å². The van der Waals surface area contributed by atoms with Crippen LogP contribution in [-0.4, -0.2) is 23.9 Å². The number of halogens is 1. The molecule has 1 unspecified atom stereocenters. The maximum Gasteiger partial charge on any atom is 0.294 e. The molecular formula is C30H20BrNO5. The van der Waals surface area contributed by atoms with Gasteiger partial charge in [0.1, 0.15) is 11.3 Å². The molecule has 4 aromatic carbocycles. The number of hydrogen-bond donors (Lipinski definition) is 1. The van der Waals surface area contributed by atoms with Crippen molar-refractivity contribution in [3.8, 4) is 5.75 Å². The van der Waals surface area contributed by atoms with Crippen LogP contribution in [0.1, 0.15) is 22.2 Å². The number of nitrogens with zero attached hydrogens (tertiary/aromatic N) is 1. The van der Waals surface area contributed by atoms with Crippen molar-refractivity contribution < 1.29 is 23.8 Å². The fourth-order valence-corrected chi connectivity index (χ4v) is 5.27. The second kappa shape index (κ2) is 8.94. The number of anilines is 1. The number of amides is 1. The van der Waals surface area contributed by atoms with Gasteiger partial charge in [-0.3, -0.25) is 14.5 Å². The van der Waals surface area contributed by atoms with E-state index in [4.69, 9.17) is 9.15 Å². The Bertz CT molecular complexity index is 1730. The Morgan fingerprint density at radius 2 is 1.70 bits per heavy atom. The summed E-state index contributed by atoms with van der Waals surface area (Å²) in [5, 5.41) is 13.7. The Morgan fingerprint density at radius 1 is 0.946 bits per heavy atom. The molecule has 6 rings (SSSR count). The average molecular weight is 554 g/mol. The summed E-state index contributed by atoms with van der Waals surface area (Å²) in [5.41, 5.74) is 1.74. The predicted octanol–water partition coefficient (Wildman–Crippen LogP) is 7.14. The van der Waals surface area contributed by atoms with Crippen molar-refractivity contribution in [3.05, 3.63) is 118 Å². The van der Waals surface area contributed by atoms with Crippen LogP contribution >= 0.6 is 15.9 Å². The molecule has 1 N–H and O–H groups in total. The Kier molecular flexibility index (Phi) is 5.57. The van der Waals surface area contributed by atoms with Crippen LogP contribution in [0.3, 0.4) is 0 Å². The first-order valence-corrected chi connectivity index (χ1v) is 12.4. The van der Waals surface area contributed by atoms with E-state index >= 15 is 0 Å². The zero-order valence-corrected chi connectivity index (χ0v) is 21.2. The normalized spacial score (nSPS) is 15.7. The summed E-state index contributed by atoms with van der Waals surface area (Å²) in [4.78, 5) is 28.9. The Balaban J connectivity index is 1.55. The first kappa shape index (κ1) is 23.1. The molecule has 1 aromatic heterocycles. The number of benzene rings is 4. The predicted molar refractivity (Wildman–Crippen MR) is 145 cm³/mol. The van der Waals surface area contributed by atoms with Crippen LogP contribution in [0.5, 0.6) is 5.75 Å². The van der Waals surface area contributed by atoms with Gasteiger partial charge in [0, 0.05) is 15.5 Å². The van der Waals surface area contributed by atoms with Gasteiger partial charge in [0.15, 0.2) is 11.5 Å². The molecule has 0 saturated carbocycles. The van der Waals surface area contributed by atoms with Gasteiger partial charge in [0.05, 0.1) is 18.7 Å². The summed E-state index contributed by atoms with van der Waals surface area (Å²) in [7, 11) is 1.56. The summed E-state index contributed by atoms with van der Waals surface area (Å²) in [6, 6.07) is 26.6. The van der Waals surface area contributed by atoms with E-state index in [0.29, 0.717) is 22.6 Å². The second-order valence-corrected chi connectivity index (χ2v) is 9.64. The summed E-state index contributed by atoms with van der Waals surface area (Å²) in [6.45, 7) is 0. The molecule has 1 amide bonds. The van der Waals surface area contributed by atoms with Gasteiger partial charge >= 0.3 is 0 Å². The number of carbonyl (C=O) groups excluding carboxylic acids is 2. The van der Waals surface area contributed by atoms with Crippen LogP contribution in [0.15, 0.2) is 111 Å². The minimum atomic E-state index is -0.876. The number of aliphatic hydroxyl groups is 1. The molecule has 0 saturated heterocycles. The highest BCUT2D eigenvalue weighted by atomic mass is 79.9. The van der Waals surface area contributed by atoms with E-state index in [1.807, 2.05) is 54.6 Å². The van der Waals surface area contributed by atoms with Crippen molar-refractivity contribution in [1.29, 1.82) is 0 Å². The van der Waals surface area contributed by atoms with E-state index in [2.05, 4.69) is 15.9 Å². The third kappa shape index (κ3) is 3.79. The van der Waals surface area contributed by atoms with Crippen LogP contribution < -0.4 is 9.64 Å². The first-order valence-electron chi connectivity index (χ1n) is 11.6. The van der Waals surface area contributed by atoms with E-state index in [9.17, 15) is 14.7 Å². The highest BCUT2D eigenvalue weighted by molar-refractivity contribution is 9.10. The number of aliphatic hydroxyl groups excluding tert-OH is 1. The van der Waals surface area contributed by atoms with Crippen LogP contribution in [0, 0.1) is 0 Å². The number of furan rings is 1. The zero-order valence-electron chi connectivity index (χ0n) is 19.6. The van der Waals surface area contributed by atoms with E-state index in [-0.39, 0.29) is 11.3 Å². The topological polar surface area (TPSA) is 80.0 Å². The van der Waals surface area contributed by atoms with E-state index in [1.165, 1.54) is 4.90 Å². The smallest absolute Gasteiger partial charge is 0.294 e. The minimum absolute atomic E-state index is 0.0321. The van der Waals surface area contributed by atoms with Crippen molar-refractivity contribution in [2.75, 3.05) is 12.0 Å². The largest absolute Gasteiger partial charge is 0.503 e. The number of ether oxygens (including phenoxy) is 1. The van der Waals surface area contributed by atoms with Gasteiger partial charge < -0.3 is 14.3 Å². The van der Waals surface area contributed by atoms with Crippen molar-refractivity contribution >= 4 is 55.0 Å². The first-order chi connectivity index (χ1) is 18.0. The number of rotatable bonds is 5. The number of Topliss-reactive ketones (excluding diaryl/α,β-unsaturated/α-hetero) is 1. The Morgan fingerprint density at radius 3 is 2.49 bits per heavy atom. The summed E-state index contributed by atoms with van der Waals surface area (Å²) >= 11 is 3.43. The molecule has 1 aliphatic heterocycles. The van der Waals surface area contributed by atoms with Crippen molar-refractivity contribution in [2.24, 2.45) is 0 Å². The van der Waals surface area contributed by atoms with Gasteiger partial charge in [-0.25, -0.2) is 0 Å². The maximum atomic E-state index is 13.9. The minimum Gasteiger partial charge on any atom is -0.503 e. The fourth-order valence-electron chi connectivity index (χ4n) is 4.89. The third-order valence-corrected chi connectivity index (χ3v) is 7.12. The molecule has 0 fully saturated rings. The summed E-state index contributed by atoms with van der Waals surface area (Å²) < 4.78 is 12.0. The second-order valence-electron chi connectivity index (χ2n) is 8.73. The molecule has 182 valence electrons. The quantitative estimate of drug-likeness (QED) is 0.234. The van der Waals surface area contributed by atoms with Crippen LogP contribution in [0.2, 0.25) is 0 Å². The fraction of sp³-hybridized carbons (Fsp3) is 0.0667. The van der Waals surface area contributed by atoms with E-state index in [1.54, 1.807) is 43.5 Å². The van der Waals surface area contributed by atoms with Gasteiger partial charge in [-0.15, -0.1) is 0 Å². The number of hydrogen-bond acceptors (Lipinski definition) is 5. The number of carbonyl (C=O) groups is 2. The van der Waals surface area contributed by atoms with E-state index in [0.717, 1.165) is 20.6 Å². The number of ketones is 1. The van der Waals surface area contributed by atoms with Crippen molar-refractivity contribution in [1.82, 2.24) is 0 Å². The number of methoxy groups -OCH3 is 1. The van der Waals surface area contributed by atoms with Gasteiger partial charge in [-0.05, 0) is 64.9 Å². The lowest BCUT2D eigenvalue weighted by molar-refractivity contribution is -0.117. The standard InChI is InChI=1S/C30H20BrNO5/c1-36-21-12-10-20(11-13-21)32-27(23-8-4-6-17-5-2-3-7-22(17)23)26(29(34)30(32)35)28(33)25-16-18-15-19(31)9-14-24(18)37-25/h2-16,27,34H,1H3. The molecule has 7 heteroatoms. The van der Waals surface area contributed by atoms with Crippen LogP contribution in [-0.2, 0) is 4.79 Å². The maximum absolute atomic E-state index is 13.9. The van der Waals surface area contributed by atoms with Crippen LogP contribution in [0.25, 0.3) is 21.7 Å². The monoisotopic (exact) mass is 553 g/mol. The molecule has 1 atom stereocenters. The Hall–Kier alpha value is -4.36. The number of fused-ring (bicyclic) bond motifs is 2. The molecule has 1 aliphatic rings. The molecule has 2 heterocycles. The zero-order chi connectivity index (χ0) is 25.7. The SMILES string of the molecule is COc1ccc(N2C(=O)C(O)=C(C(=O)c3cc4cc(Br)ccc4o3)C2c2cccc3ccccc23)cc1. The van der Waals surface area contributed by atoms with Crippen LogP contribution in [0.4, 0.5) is 5.69 Å². The molecule has 0 aliphatic carbocycles. The lowest BCUT2D eigenvalue weighted by Crippen LogP contribution is -2.31. The summed E-state index contributed by atoms with van der Waals surface area (Å²) in [5.74, 6) is -1.14. The molecule has 37 heavy (non-hydrogen) atoms. The Labute approximate surface area is 220 Å². The molecule has 6 nitrogen and oxygen atoms in total.